The van der Waals surface area contributed by atoms with Gasteiger partial charge in [-0.3, -0.25) is 10.1 Å². The Balaban J connectivity index is 1.85. The molecule has 0 spiro atoms. The molecule has 0 heterocycles. The van der Waals surface area contributed by atoms with E-state index in [2.05, 4.69) is 5.32 Å². The highest BCUT2D eigenvalue weighted by Gasteiger charge is 2.09. The monoisotopic (exact) mass is 333 g/mol. The Hall–Kier alpha value is -2.60. The highest BCUT2D eigenvalue weighted by Crippen LogP contribution is 2.14. The molecule has 2 aromatic rings. The van der Waals surface area contributed by atoms with Crippen LogP contribution in [0.15, 0.2) is 48.5 Å². The van der Waals surface area contributed by atoms with Crippen LogP contribution in [0.4, 0.5) is 16.2 Å². The lowest BCUT2D eigenvalue weighted by atomic mass is 10.1. The van der Waals surface area contributed by atoms with Crippen molar-refractivity contribution in [3.05, 3.63) is 69.2 Å². The fourth-order valence-corrected chi connectivity index (χ4v) is 2.06. The number of nitro groups is 1. The molecule has 120 valence electrons. The summed E-state index contributed by atoms with van der Waals surface area (Å²) in [5, 5.41) is 14.0. The minimum atomic E-state index is -0.435. The van der Waals surface area contributed by atoms with Gasteiger partial charge in [-0.1, -0.05) is 23.7 Å². The van der Waals surface area contributed by atoms with E-state index in [1.54, 1.807) is 48.3 Å². The van der Waals surface area contributed by atoms with E-state index in [1.807, 2.05) is 0 Å². The summed E-state index contributed by atoms with van der Waals surface area (Å²) in [6, 6.07) is 12.9. The van der Waals surface area contributed by atoms with Crippen molar-refractivity contribution < 1.29 is 9.72 Å². The number of nitro benzene ring substituents is 1. The molecule has 0 aliphatic rings. The number of amides is 2. The number of rotatable bonds is 5. The van der Waals surface area contributed by atoms with Gasteiger partial charge in [0.15, 0.2) is 0 Å². The van der Waals surface area contributed by atoms with Gasteiger partial charge in [-0.25, -0.2) is 4.79 Å². The Morgan fingerprint density at radius 2 is 1.78 bits per heavy atom. The van der Waals surface area contributed by atoms with Gasteiger partial charge in [0.25, 0.3) is 5.69 Å². The number of halogens is 1. The molecule has 0 saturated carbocycles. The Bertz CT molecular complexity index is 687. The average molecular weight is 334 g/mol. The van der Waals surface area contributed by atoms with Gasteiger partial charge >= 0.3 is 6.03 Å². The highest BCUT2D eigenvalue weighted by atomic mass is 35.5. The van der Waals surface area contributed by atoms with Crippen LogP contribution in [0.2, 0.25) is 5.02 Å². The second-order valence-electron chi connectivity index (χ2n) is 5.03. The summed E-state index contributed by atoms with van der Waals surface area (Å²) in [7, 11) is 1.69. The van der Waals surface area contributed by atoms with Gasteiger partial charge in [-0.05, 0) is 36.2 Å². The van der Waals surface area contributed by atoms with Crippen LogP contribution in [0.3, 0.4) is 0 Å². The SMILES string of the molecule is CN(CCc1ccc([N+](=O)[O-])cc1)C(=O)Nc1ccc(Cl)cc1. The molecule has 2 aromatic carbocycles. The summed E-state index contributed by atoms with van der Waals surface area (Å²) >= 11 is 5.79. The van der Waals surface area contributed by atoms with Gasteiger partial charge in [0.2, 0.25) is 0 Å². The molecule has 2 amide bonds. The second kappa shape index (κ2) is 7.60. The zero-order chi connectivity index (χ0) is 16.8. The number of carbonyl (C=O) groups is 1. The van der Waals surface area contributed by atoms with Crippen molar-refractivity contribution in [2.75, 3.05) is 18.9 Å². The summed E-state index contributed by atoms with van der Waals surface area (Å²) in [5.74, 6) is 0. The third-order valence-corrected chi connectivity index (χ3v) is 3.58. The molecule has 6 nitrogen and oxygen atoms in total. The normalized spacial score (nSPS) is 10.2. The maximum absolute atomic E-state index is 12.1. The van der Waals surface area contributed by atoms with E-state index >= 15 is 0 Å². The summed E-state index contributed by atoms with van der Waals surface area (Å²) in [6.45, 7) is 0.497. The number of urea groups is 1. The van der Waals surface area contributed by atoms with Crippen LogP contribution < -0.4 is 5.32 Å². The van der Waals surface area contributed by atoms with Gasteiger partial charge in [0, 0.05) is 36.4 Å². The van der Waals surface area contributed by atoms with E-state index in [0.29, 0.717) is 23.7 Å². The zero-order valence-corrected chi connectivity index (χ0v) is 13.3. The average Bonchev–Trinajstić information content (AvgIpc) is 2.55. The number of carbonyl (C=O) groups excluding carboxylic acids is 1. The molecule has 0 aromatic heterocycles. The molecule has 0 unspecified atom stereocenters. The van der Waals surface area contributed by atoms with Crippen molar-refractivity contribution in [3.63, 3.8) is 0 Å². The fraction of sp³-hybridized carbons (Fsp3) is 0.188. The number of anilines is 1. The smallest absolute Gasteiger partial charge is 0.321 e. The Labute approximate surface area is 138 Å². The molecule has 0 radical (unpaired) electrons. The van der Waals surface area contributed by atoms with E-state index in [-0.39, 0.29) is 11.7 Å². The number of non-ortho nitro benzene ring substituents is 1. The lowest BCUT2D eigenvalue weighted by Crippen LogP contribution is -2.32. The van der Waals surface area contributed by atoms with Gasteiger partial charge in [0.1, 0.15) is 0 Å². The third-order valence-electron chi connectivity index (χ3n) is 3.33. The van der Waals surface area contributed by atoms with Crippen LogP contribution >= 0.6 is 11.6 Å². The van der Waals surface area contributed by atoms with Crippen molar-refractivity contribution in [3.8, 4) is 0 Å². The van der Waals surface area contributed by atoms with Gasteiger partial charge < -0.3 is 10.2 Å². The molecule has 1 N–H and O–H groups in total. The van der Waals surface area contributed by atoms with E-state index in [1.165, 1.54) is 12.1 Å². The fourth-order valence-electron chi connectivity index (χ4n) is 1.93. The Kier molecular flexibility index (Phi) is 5.54. The Morgan fingerprint density at radius 3 is 2.35 bits per heavy atom. The van der Waals surface area contributed by atoms with E-state index in [4.69, 9.17) is 11.6 Å². The lowest BCUT2D eigenvalue weighted by molar-refractivity contribution is -0.384. The number of benzene rings is 2. The summed E-state index contributed by atoms with van der Waals surface area (Å²) in [6.07, 6.45) is 0.614. The van der Waals surface area contributed by atoms with Crippen LogP contribution in [-0.2, 0) is 6.42 Å². The predicted molar refractivity (Wildman–Crippen MR) is 89.9 cm³/mol. The molecule has 2 rings (SSSR count). The first kappa shape index (κ1) is 16.8. The largest absolute Gasteiger partial charge is 0.327 e. The van der Waals surface area contributed by atoms with Gasteiger partial charge in [-0.2, -0.15) is 0 Å². The van der Waals surface area contributed by atoms with Crippen LogP contribution in [0.25, 0.3) is 0 Å². The molecule has 0 saturated heterocycles. The van der Waals surface area contributed by atoms with Gasteiger partial charge in [0.05, 0.1) is 4.92 Å². The molecule has 0 aliphatic carbocycles. The van der Waals surface area contributed by atoms with Crippen LogP contribution in [-0.4, -0.2) is 29.4 Å². The molecular weight excluding hydrogens is 318 g/mol. The minimum absolute atomic E-state index is 0.0580. The topological polar surface area (TPSA) is 75.5 Å². The second-order valence-corrected chi connectivity index (χ2v) is 5.47. The summed E-state index contributed by atoms with van der Waals surface area (Å²) in [5.41, 5.74) is 1.66. The first-order valence-corrected chi connectivity index (χ1v) is 7.34. The first-order valence-electron chi connectivity index (χ1n) is 6.97. The summed E-state index contributed by atoms with van der Waals surface area (Å²) < 4.78 is 0. The maximum Gasteiger partial charge on any atom is 0.321 e. The number of nitrogens with one attached hydrogen (secondary N) is 1. The number of nitrogens with zero attached hydrogens (tertiary/aromatic N) is 2. The zero-order valence-electron chi connectivity index (χ0n) is 12.5. The van der Waals surface area contributed by atoms with Crippen molar-refractivity contribution in [1.82, 2.24) is 4.90 Å². The number of hydrogen-bond donors (Lipinski definition) is 1. The van der Waals surface area contributed by atoms with Crippen LogP contribution in [0.1, 0.15) is 5.56 Å². The number of hydrogen-bond acceptors (Lipinski definition) is 3. The molecular formula is C16H16ClN3O3. The van der Waals surface area contributed by atoms with E-state index in [0.717, 1.165) is 5.56 Å². The van der Waals surface area contributed by atoms with Crippen molar-refractivity contribution in [2.24, 2.45) is 0 Å². The first-order chi connectivity index (χ1) is 11.0. The van der Waals surface area contributed by atoms with Crippen molar-refractivity contribution in [2.45, 2.75) is 6.42 Å². The third kappa shape index (κ3) is 4.96. The van der Waals surface area contributed by atoms with Crippen LogP contribution in [0.5, 0.6) is 0 Å². The highest BCUT2D eigenvalue weighted by molar-refractivity contribution is 6.30. The molecule has 7 heteroatoms. The maximum atomic E-state index is 12.1. The summed E-state index contributed by atoms with van der Waals surface area (Å²) in [4.78, 5) is 23.8. The predicted octanol–water partition coefficient (Wildman–Crippen LogP) is 3.95. The van der Waals surface area contributed by atoms with E-state index in [9.17, 15) is 14.9 Å². The number of likely N-dealkylation sites (N-methyl/N-ethyl adjacent to an activating group) is 1. The Morgan fingerprint density at radius 1 is 1.17 bits per heavy atom. The molecule has 23 heavy (non-hydrogen) atoms. The lowest BCUT2D eigenvalue weighted by Gasteiger charge is -2.18. The molecule has 0 atom stereocenters. The van der Waals surface area contributed by atoms with Crippen LogP contribution in [0, 0.1) is 10.1 Å². The van der Waals surface area contributed by atoms with Gasteiger partial charge in [-0.15, -0.1) is 0 Å². The van der Waals surface area contributed by atoms with Crippen molar-refractivity contribution in [1.29, 1.82) is 0 Å². The van der Waals surface area contributed by atoms with E-state index < -0.39 is 4.92 Å². The minimum Gasteiger partial charge on any atom is -0.327 e. The molecule has 0 bridgehead atoms. The molecule has 0 aliphatic heterocycles. The quantitative estimate of drug-likeness (QED) is 0.664. The molecule has 0 fully saturated rings. The van der Waals surface area contributed by atoms with Crippen molar-refractivity contribution >= 4 is 29.0 Å². The standard InChI is InChI=1S/C16H16ClN3O3/c1-19(16(21)18-14-6-4-13(17)5-7-14)11-10-12-2-8-15(9-3-12)20(22)23/h2-9H,10-11H2,1H3,(H,18,21).